The summed E-state index contributed by atoms with van der Waals surface area (Å²) in [4.78, 5) is 21.2. The number of hydrogen-bond acceptors (Lipinski definition) is 4. The number of nitrogens with zero attached hydrogens (tertiary/aromatic N) is 2. The Kier molecular flexibility index (Phi) is 3.67. The van der Waals surface area contributed by atoms with Crippen molar-refractivity contribution in [1.29, 1.82) is 0 Å². The summed E-state index contributed by atoms with van der Waals surface area (Å²) < 4.78 is 26.4. The van der Waals surface area contributed by atoms with Gasteiger partial charge in [-0.05, 0) is 26.2 Å². The molecule has 21 heavy (non-hydrogen) atoms. The van der Waals surface area contributed by atoms with Gasteiger partial charge in [0.2, 0.25) is 0 Å². The summed E-state index contributed by atoms with van der Waals surface area (Å²) in [6.45, 7) is 1.92. The Hall–Kier alpha value is -1.89. The lowest BCUT2D eigenvalue weighted by molar-refractivity contribution is 0.0922. The lowest BCUT2D eigenvalue weighted by Gasteiger charge is -2.22. The van der Waals surface area contributed by atoms with Crippen LogP contribution in [0.3, 0.4) is 0 Å². The minimum absolute atomic E-state index is 0.238. The van der Waals surface area contributed by atoms with Gasteiger partial charge in [-0.1, -0.05) is 0 Å². The van der Waals surface area contributed by atoms with Crippen molar-refractivity contribution in [3.05, 3.63) is 45.2 Å². The fourth-order valence-electron chi connectivity index (χ4n) is 2.49. The fraction of sp³-hybridized carbons (Fsp3) is 0.357. The van der Waals surface area contributed by atoms with Crippen molar-refractivity contribution >= 4 is 17.2 Å². The lowest BCUT2D eigenvalue weighted by Crippen LogP contribution is -2.32. The Labute approximate surface area is 124 Å². The van der Waals surface area contributed by atoms with Gasteiger partial charge in [-0.3, -0.25) is 4.79 Å². The zero-order valence-corrected chi connectivity index (χ0v) is 12.1. The summed E-state index contributed by atoms with van der Waals surface area (Å²) >= 11 is 1.62. The van der Waals surface area contributed by atoms with E-state index in [1.807, 2.05) is 6.92 Å². The number of thiazole rings is 1. The fourth-order valence-corrected chi connectivity index (χ4v) is 3.53. The molecule has 1 unspecified atom stereocenters. The maximum absolute atomic E-state index is 13.6. The third-order valence-corrected chi connectivity index (χ3v) is 4.44. The largest absolute Gasteiger partial charge is 0.342 e. The molecule has 7 heteroatoms. The summed E-state index contributed by atoms with van der Waals surface area (Å²) in [6, 6.07) is 0.416. The number of rotatable bonds is 2. The molecule has 0 fully saturated rings. The SMILES string of the molecule is Cc1nc2c(s1)CCCC2NC(=O)c1ncc(F)cc1F. The van der Waals surface area contributed by atoms with Gasteiger partial charge < -0.3 is 5.32 Å². The van der Waals surface area contributed by atoms with Crippen LogP contribution >= 0.6 is 11.3 Å². The van der Waals surface area contributed by atoms with Crippen LogP contribution in [-0.2, 0) is 6.42 Å². The molecule has 110 valence electrons. The molecule has 1 amide bonds. The van der Waals surface area contributed by atoms with Crippen molar-refractivity contribution < 1.29 is 13.6 Å². The Morgan fingerprint density at radius 3 is 3.05 bits per heavy atom. The molecule has 0 radical (unpaired) electrons. The number of pyridine rings is 1. The number of aryl methyl sites for hydroxylation is 2. The van der Waals surface area contributed by atoms with E-state index in [4.69, 9.17) is 0 Å². The van der Waals surface area contributed by atoms with Gasteiger partial charge >= 0.3 is 0 Å². The van der Waals surface area contributed by atoms with Crippen LogP contribution < -0.4 is 5.32 Å². The molecule has 2 aromatic rings. The molecule has 0 bridgehead atoms. The molecule has 0 saturated carbocycles. The van der Waals surface area contributed by atoms with E-state index < -0.39 is 23.2 Å². The molecule has 0 aliphatic heterocycles. The topological polar surface area (TPSA) is 54.9 Å². The molecular weight excluding hydrogens is 296 g/mol. The molecule has 0 spiro atoms. The van der Waals surface area contributed by atoms with Gasteiger partial charge in [0.05, 0.1) is 22.9 Å². The number of nitrogens with one attached hydrogen (secondary N) is 1. The minimum Gasteiger partial charge on any atom is -0.342 e. The number of aromatic nitrogens is 2. The van der Waals surface area contributed by atoms with Crippen LogP contribution in [-0.4, -0.2) is 15.9 Å². The molecule has 2 aromatic heterocycles. The van der Waals surface area contributed by atoms with Crippen molar-refractivity contribution in [1.82, 2.24) is 15.3 Å². The average molecular weight is 309 g/mol. The molecule has 2 heterocycles. The summed E-state index contributed by atoms with van der Waals surface area (Å²) in [7, 11) is 0. The van der Waals surface area contributed by atoms with E-state index in [9.17, 15) is 13.6 Å². The first-order chi connectivity index (χ1) is 10.0. The molecule has 0 aromatic carbocycles. The molecule has 4 nitrogen and oxygen atoms in total. The Morgan fingerprint density at radius 1 is 1.48 bits per heavy atom. The standard InChI is InChI=1S/C14H13F2N3OS/c1-7-18-13-10(3-2-4-11(13)21-7)19-14(20)12-9(16)5-8(15)6-17-12/h5-6,10H,2-4H2,1H3,(H,19,20). The van der Waals surface area contributed by atoms with E-state index in [1.165, 1.54) is 0 Å². The molecule has 1 aliphatic carbocycles. The Balaban J connectivity index is 1.82. The number of fused-ring (bicyclic) bond motifs is 1. The molecular formula is C14H13F2N3OS. The van der Waals surface area contributed by atoms with Gasteiger partial charge in [0.15, 0.2) is 11.5 Å². The predicted octanol–water partition coefficient (Wildman–Crippen LogP) is 2.93. The monoisotopic (exact) mass is 309 g/mol. The molecule has 3 rings (SSSR count). The summed E-state index contributed by atoms with van der Waals surface area (Å²) in [5.41, 5.74) is 0.468. The van der Waals surface area contributed by atoms with E-state index in [0.717, 1.165) is 41.0 Å². The van der Waals surface area contributed by atoms with E-state index in [0.29, 0.717) is 6.07 Å². The molecule has 0 saturated heterocycles. The quantitative estimate of drug-likeness (QED) is 0.928. The van der Waals surface area contributed by atoms with Crippen molar-refractivity contribution in [2.45, 2.75) is 32.2 Å². The highest BCUT2D eigenvalue weighted by Gasteiger charge is 2.27. The zero-order valence-electron chi connectivity index (χ0n) is 11.3. The first-order valence-electron chi connectivity index (χ1n) is 6.62. The number of amides is 1. The second-order valence-electron chi connectivity index (χ2n) is 4.94. The summed E-state index contributed by atoms with van der Waals surface area (Å²) in [5, 5.41) is 3.70. The van der Waals surface area contributed by atoms with Crippen molar-refractivity contribution in [2.75, 3.05) is 0 Å². The number of carbonyl (C=O) groups excluding carboxylic acids is 1. The highest BCUT2D eigenvalue weighted by atomic mass is 32.1. The second-order valence-corrected chi connectivity index (χ2v) is 6.23. The van der Waals surface area contributed by atoms with Gasteiger partial charge in [0.1, 0.15) is 5.82 Å². The van der Waals surface area contributed by atoms with Crippen LogP contribution in [0.4, 0.5) is 8.78 Å². The van der Waals surface area contributed by atoms with E-state index >= 15 is 0 Å². The molecule has 1 atom stereocenters. The van der Waals surface area contributed by atoms with Gasteiger partial charge in [-0.25, -0.2) is 18.7 Å². The van der Waals surface area contributed by atoms with Crippen LogP contribution in [0.2, 0.25) is 0 Å². The zero-order chi connectivity index (χ0) is 15.0. The Morgan fingerprint density at radius 2 is 2.29 bits per heavy atom. The van der Waals surface area contributed by atoms with Crippen LogP contribution in [0, 0.1) is 18.6 Å². The van der Waals surface area contributed by atoms with E-state index in [-0.39, 0.29) is 6.04 Å². The van der Waals surface area contributed by atoms with Gasteiger partial charge in [0, 0.05) is 10.9 Å². The number of carbonyl (C=O) groups is 1. The van der Waals surface area contributed by atoms with Gasteiger partial charge in [-0.2, -0.15) is 0 Å². The maximum Gasteiger partial charge on any atom is 0.273 e. The molecule has 1 N–H and O–H groups in total. The van der Waals surface area contributed by atoms with Crippen LogP contribution in [0.25, 0.3) is 0 Å². The van der Waals surface area contributed by atoms with E-state index in [1.54, 1.807) is 11.3 Å². The first-order valence-corrected chi connectivity index (χ1v) is 7.44. The highest BCUT2D eigenvalue weighted by molar-refractivity contribution is 7.11. The maximum atomic E-state index is 13.6. The van der Waals surface area contributed by atoms with Crippen molar-refractivity contribution in [3.8, 4) is 0 Å². The molecule has 1 aliphatic rings. The number of halogens is 2. The Bertz CT molecular complexity index is 702. The smallest absolute Gasteiger partial charge is 0.273 e. The predicted molar refractivity (Wildman–Crippen MR) is 74.1 cm³/mol. The van der Waals surface area contributed by atoms with Crippen molar-refractivity contribution in [2.24, 2.45) is 0 Å². The van der Waals surface area contributed by atoms with Crippen LogP contribution in [0.5, 0.6) is 0 Å². The second kappa shape index (κ2) is 5.48. The van der Waals surface area contributed by atoms with Crippen molar-refractivity contribution in [3.63, 3.8) is 0 Å². The lowest BCUT2D eigenvalue weighted by atomic mass is 9.97. The number of hydrogen-bond donors (Lipinski definition) is 1. The normalized spacial score (nSPS) is 17.4. The van der Waals surface area contributed by atoms with Gasteiger partial charge in [-0.15, -0.1) is 11.3 Å². The average Bonchev–Trinajstić information content (AvgIpc) is 2.80. The third-order valence-electron chi connectivity index (χ3n) is 3.39. The van der Waals surface area contributed by atoms with Gasteiger partial charge in [0.25, 0.3) is 5.91 Å². The minimum atomic E-state index is -0.960. The van der Waals surface area contributed by atoms with Crippen LogP contribution in [0.15, 0.2) is 12.3 Å². The first kappa shape index (κ1) is 14.1. The van der Waals surface area contributed by atoms with E-state index in [2.05, 4.69) is 15.3 Å². The highest BCUT2D eigenvalue weighted by Crippen LogP contribution is 2.33. The third kappa shape index (κ3) is 2.78. The summed E-state index contributed by atoms with van der Waals surface area (Å²) in [6.07, 6.45) is 3.48. The summed E-state index contributed by atoms with van der Waals surface area (Å²) in [5.74, 6) is -2.41. The van der Waals surface area contributed by atoms with Crippen LogP contribution in [0.1, 0.15) is 45.0 Å².